The molecule has 0 N–H and O–H groups in total. The minimum absolute atomic E-state index is 0.561. The Morgan fingerprint density at radius 3 is 0.984 bits per heavy atom. The minimum Gasteiger partial charge on any atom is -0.278 e. The number of hydrogen-bond donors (Lipinski definition) is 0. The minimum atomic E-state index is 0.561. The van der Waals surface area contributed by atoms with Gasteiger partial charge in [0.1, 0.15) is 0 Å². The Labute approximate surface area is 358 Å². The lowest BCUT2D eigenvalue weighted by molar-refractivity contribution is 0.893. The summed E-state index contributed by atoms with van der Waals surface area (Å²) in [4.78, 5) is 15.9. The number of para-hydroxylation sites is 4. The topological polar surface area (TPSA) is 48.5 Å². The lowest BCUT2D eigenvalue weighted by atomic mass is 9.92. The van der Waals surface area contributed by atoms with Crippen molar-refractivity contribution in [3.63, 3.8) is 0 Å². The fraction of sp³-hybridized carbons (Fsp3) is 0. The van der Waals surface area contributed by atoms with Gasteiger partial charge in [0.15, 0.2) is 5.82 Å². The van der Waals surface area contributed by atoms with E-state index in [1.54, 1.807) is 0 Å². The molecule has 0 unspecified atom stereocenters. The molecule has 290 valence electrons. The first-order valence-corrected chi connectivity index (χ1v) is 20.9. The van der Waals surface area contributed by atoms with Crippen molar-refractivity contribution in [1.29, 1.82) is 0 Å². The highest BCUT2D eigenvalue weighted by Gasteiger charge is 2.20. The van der Waals surface area contributed by atoms with Crippen molar-refractivity contribution in [2.45, 2.75) is 0 Å². The van der Waals surface area contributed by atoms with Crippen molar-refractivity contribution < 1.29 is 0 Å². The van der Waals surface area contributed by atoms with Gasteiger partial charge in [-0.25, -0.2) is 0 Å². The number of hydrogen-bond acceptors (Lipinski definition) is 3. The zero-order valence-electron chi connectivity index (χ0n) is 33.6. The monoisotopic (exact) mass is 791 g/mol. The molecule has 5 nitrogen and oxygen atoms in total. The molecular weight excluding hydrogens is 755 g/mol. The van der Waals surface area contributed by atoms with E-state index in [-0.39, 0.29) is 0 Å². The number of rotatable bonds is 7. The number of aromatic nitrogens is 5. The van der Waals surface area contributed by atoms with Crippen LogP contribution in [-0.2, 0) is 0 Å². The molecule has 12 aromatic rings. The molecular formula is C57H37N5. The molecule has 5 heteroatoms. The van der Waals surface area contributed by atoms with Gasteiger partial charge in [0.05, 0.1) is 22.1 Å². The van der Waals surface area contributed by atoms with Crippen LogP contribution in [0.2, 0.25) is 0 Å². The standard InChI is InChI=1S/C57H37N5/c1-3-16-38(17-4-1)42-20-15-21-43(34-42)46-36-44(39-18-5-2-6-19-39)35-45(37-46)40-30-32-41(33-31-40)55-58-56(61-51-26-11-7-22-47(51)48-23-8-12-27-52(48)61)60-57(59-55)62-53-28-13-9-24-49(53)50-25-10-14-29-54(50)62/h1-37H. The maximum atomic E-state index is 5.32. The van der Waals surface area contributed by atoms with Crippen LogP contribution in [0.1, 0.15) is 0 Å². The maximum Gasteiger partial charge on any atom is 0.240 e. The second-order valence-corrected chi connectivity index (χ2v) is 15.7. The molecule has 3 aromatic heterocycles. The first kappa shape index (κ1) is 35.5. The van der Waals surface area contributed by atoms with Gasteiger partial charge in [0.25, 0.3) is 0 Å². The van der Waals surface area contributed by atoms with Crippen LogP contribution in [0.5, 0.6) is 0 Å². The number of nitrogens with zero attached hydrogens (tertiary/aromatic N) is 5. The van der Waals surface area contributed by atoms with Gasteiger partial charge in [0.2, 0.25) is 11.9 Å². The van der Waals surface area contributed by atoms with Gasteiger partial charge >= 0.3 is 0 Å². The second-order valence-electron chi connectivity index (χ2n) is 15.7. The fourth-order valence-electron chi connectivity index (χ4n) is 9.04. The first-order chi connectivity index (χ1) is 30.7. The molecule has 0 amide bonds. The largest absolute Gasteiger partial charge is 0.278 e. The van der Waals surface area contributed by atoms with Crippen molar-refractivity contribution in [2.75, 3.05) is 0 Å². The molecule has 0 fully saturated rings. The summed E-state index contributed by atoms with van der Waals surface area (Å²) >= 11 is 0. The molecule has 0 bridgehead atoms. The van der Waals surface area contributed by atoms with Gasteiger partial charge in [-0.15, -0.1) is 0 Å². The summed E-state index contributed by atoms with van der Waals surface area (Å²) < 4.78 is 4.34. The Balaban J connectivity index is 1.03. The van der Waals surface area contributed by atoms with Crippen molar-refractivity contribution in [3.8, 4) is 67.8 Å². The Bertz CT molecular complexity index is 3380. The quantitative estimate of drug-likeness (QED) is 0.162. The molecule has 3 heterocycles. The summed E-state index contributed by atoms with van der Waals surface area (Å²) in [5.74, 6) is 1.72. The highest BCUT2D eigenvalue weighted by molar-refractivity contribution is 6.10. The summed E-state index contributed by atoms with van der Waals surface area (Å²) in [5.41, 5.74) is 14.3. The lowest BCUT2D eigenvalue weighted by Gasteiger charge is -2.14. The molecule has 0 aliphatic heterocycles. The average molecular weight is 792 g/mol. The van der Waals surface area contributed by atoms with E-state index in [0.29, 0.717) is 17.7 Å². The third-order valence-electron chi connectivity index (χ3n) is 12.0. The van der Waals surface area contributed by atoms with E-state index in [1.807, 2.05) is 0 Å². The molecule has 0 saturated heterocycles. The fourth-order valence-corrected chi connectivity index (χ4v) is 9.04. The summed E-state index contributed by atoms with van der Waals surface area (Å²) in [6.07, 6.45) is 0. The molecule has 9 aromatic carbocycles. The second kappa shape index (κ2) is 14.7. The average Bonchev–Trinajstić information content (AvgIpc) is 3.88. The smallest absolute Gasteiger partial charge is 0.240 e. The van der Waals surface area contributed by atoms with Crippen molar-refractivity contribution in [3.05, 3.63) is 224 Å². The van der Waals surface area contributed by atoms with Gasteiger partial charge in [0, 0.05) is 27.1 Å². The molecule has 0 spiro atoms. The Hall–Kier alpha value is -8.41. The van der Waals surface area contributed by atoms with E-state index in [2.05, 4.69) is 234 Å². The van der Waals surface area contributed by atoms with Gasteiger partial charge in [-0.2, -0.15) is 15.0 Å². The van der Waals surface area contributed by atoms with Crippen LogP contribution in [0, 0.1) is 0 Å². The normalized spacial score (nSPS) is 11.5. The van der Waals surface area contributed by atoms with Crippen LogP contribution in [-0.4, -0.2) is 24.1 Å². The van der Waals surface area contributed by atoms with E-state index in [4.69, 9.17) is 15.0 Å². The van der Waals surface area contributed by atoms with E-state index >= 15 is 0 Å². The first-order valence-electron chi connectivity index (χ1n) is 20.9. The van der Waals surface area contributed by atoms with Crippen LogP contribution < -0.4 is 0 Å². The predicted octanol–water partition coefficient (Wildman–Crippen LogP) is 14.4. The Morgan fingerprint density at radius 1 is 0.226 bits per heavy atom. The zero-order chi connectivity index (χ0) is 41.0. The lowest BCUT2D eigenvalue weighted by Crippen LogP contribution is -2.10. The molecule has 12 rings (SSSR count). The van der Waals surface area contributed by atoms with E-state index < -0.39 is 0 Å². The molecule has 0 radical (unpaired) electrons. The highest BCUT2D eigenvalue weighted by atomic mass is 15.3. The van der Waals surface area contributed by atoms with Crippen LogP contribution in [0.3, 0.4) is 0 Å². The van der Waals surface area contributed by atoms with E-state index in [9.17, 15) is 0 Å². The molecule has 0 aliphatic carbocycles. The molecule has 62 heavy (non-hydrogen) atoms. The molecule has 0 aliphatic rings. The van der Waals surface area contributed by atoms with Crippen molar-refractivity contribution in [2.24, 2.45) is 0 Å². The van der Waals surface area contributed by atoms with E-state index in [1.165, 1.54) is 22.3 Å². The zero-order valence-corrected chi connectivity index (χ0v) is 33.6. The summed E-state index contributed by atoms with van der Waals surface area (Å²) in [5, 5.41) is 4.60. The summed E-state index contributed by atoms with van der Waals surface area (Å²) in [6.45, 7) is 0. The maximum absolute atomic E-state index is 5.32. The van der Waals surface area contributed by atoms with Gasteiger partial charge in [-0.3, -0.25) is 9.13 Å². The summed E-state index contributed by atoms with van der Waals surface area (Å²) in [6, 6.07) is 79.4. The third kappa shape index (κ3) is 6.06. The van der Waals surface area contributed by atoms with Crippen LogP contribution in [0.4, 0.5) is 0 Å². The summed E-state index contributed by atoms with van der Waals surface area (Å²) in [7, 11) is 0. The van der Waals surface area contributed by atoms with Crippen LogP contribution in [0.25, 0.3) is 111 Å². The number of fused-ring (bicyclic) bond motifs is 6. The van der Waals surface area contributed by atoms with Crippen molar-refractivity contribution >= 4 is 43.6 Å². The highest BCUT2D eigenvalue weighted by Crippen LogP contribution is 2.37. The van der Waals surface area contributed by atoms with Crippen LogP contribution >= 0.6 is 0 Å². The van der Waals surface area contributed by atoms with Crippen LogP contribution in [0.15, 0.2) is 224 Å². The number of benzene rings is 9. The van der Waals surface area contributed by atoms with E-state index in [0.717, 1.165) is 71.4 Å². The molecule has 0 saturated carbocycles. The predicted molar refractivity (Wildman–Crippen MR) is 256 cm³/mol. The van der Waals surface area contributed by atoms with Crippen molar-refractivity contribution in [1.82, 2.24) is 24.1 Å². The Kier molecular flexibility index (Phi) is 8.42. The van der Waals surface area contributed by atoms with Gasteiger partial charge in [-0.1, -0.05) is 176 Å². The van der Waals surface area contributed by atoms with Gasteiger partial charge in [-0.05, 0) is 93.0 Å². The van der Waals surface area contributed by atoms with Gasteiger partial charge < -0.3 is 0 Å². The SMILES string of the molecule is c1ccc(-c2cccc(-c3cc(-c4ccccc4)cc(-c4ccc(-c5nc(-n6c7ccccc7c7ccccc76)nc(-n6c7ccccc7c7ccccc76)n5)cc4)c3)c2)cc1. The molecule has 0 atom stereocenters. The third-order valence-corrected chi connectivity index (χ3v) is 12.0. The Morgan fingerprint density at radius 2 is 0.532 bits per heavy atom.